The van der Waals surface area contributed by atoms with Crippen molar-refractivity contribution in [2.45, 2.75) is 26.5 Å². The zero-order valence-corrected chi connectivity index (χ0v) is 10.4. The van der Waals surface area contributed by atoms with Crippen molar-refractivity contribution < 1.29 is 13.5 Å². The van der Waals surface area contributed by atoms with Gasteiger partial charge < -0.3 is 4.74 Å². The quantitative estimate of drug-likeness (QED) is 0.782. The third-order valence-corrected chi connectivity index (χ3v) is 2.73. The van der Waals surface area contributed by atoms with Crippen LogP contribution in [0.25, 0.3) is 0 Å². The molecule has 5 heteroatoms. The van der Waals surface area contributed by atoms with E-state index >= 15 is 0 Å². The van der Waals surface area contributed by atoms with E-state index in [1.165, 1.54) is 6.07 Å². The molecule has 0 aliphatic carbocycles. The number of ether oxygens (including phenoxy) is 1. The lowest BCUT2D eigenvalue weighted by Crippen LogP contribution is -2.28. The van der Waals surface area contributed by atoms with Crippen molar-refractivity contribution in [2.24, 2.45) is 0 Å². The van der Waals surface area contributed by atoms with Crippen LogP contribution in [0, 0.1) is 11.3 Å². The summed E-state index contributed by atoms with van der Waals surface area (Å²) in [6.07, 6.45) is 0. The summed E-state index contributed by atoms with van der Waals surface area (Å²) in [5, 5.41) is 9.24. The maximum atomic E-state index is 12.3. The fourth-order valence-corrected chi connectivity index (χ4v) is 1.85. The van der Waals surface area contributed by atoms with Crippen LogP contribution in [0.1, 0.15) is 25.5 Å². The number of nitrogens with zero attached hydrogens (tertiary/aromatic N) is 2. The average molecular weight is 254 g/mol. The van der Waals surface area contributed by atoms with Gasteiger partial charge in [0.2, 0.25) is 0 Å². The third kappa shape index (κ3) is 3.41. The fourth-order valence-electron chi connectivity index (χ4n) is 1.85. The molecule has 0 heterocycles. The first-order valence-corrected chi connectivity index (χ1v) is 5.81. The predicted octanol–water partition coefficient (Wildman–Crippen LogP) is 3.19. The highest BCUT2D eigenvalue weighted by Crippen LogP contribution is 2.29. The fraction of sp³-hybridized carbons (Fsp3) is 0.462. The Kier molecular flexibility index (Phi) is 5.53. The average Bonchev–Trinajstić information content (AvgIpc) is 2.36. The first kappa shape index (κ1) is 14.4. The molecule has 0 N–H and O–H groups in total. The van der Waals surface area contributed by atoms with Gasteiger partial charge in [0.05, 0.1) is 6.07 Å². The van der Waals surface area contributed by atoms with Gasteiger partial charge in [-0.1, -0.05) is 32.0 Å². The molecule has 18 heavy (non-hydrogen) atoms. The summed E-state index contributed by atoms with van der Waals surface area (Å²) in [7, 11) is 0. The number of hydrogen-bond acceptors (Lipinski definition) is 3. The van der Waals surface area contributed by atoms with Crippen LogP contribution < -0.4 is 4.74 Å². The summed E-state index contributed by atoms with van der Waals surface area (Å²) in [5.41, 5.74) is 0.476. The zero-order chi connectivity index (χ0) is 13.5. The molecule has 0 saturated carbocycles. The van der Waals surface area contributed by atoms with Crippen LogP contribution in [0.3, 0.4) is 0 Å². The topological polar surface area (TPSA) is 36.3 Å². The Morgan fingerprint density at radius 2 is 1.89 bits per heavy atom. The second-order valence-electron chi connectivity index (χ2n) is 3.67. The van der Waals surface area contributed by atoms with Gasteiger partial charge in [0.1, 0.15) is 11.8 Å². The minimum atomic E-state index is -2.89. The standard InChI is InChI=1S/C13H16F2N2O/c1-3-17(4-2)11(9-16)10-7-5-6-8-12(10)18-13(14)15/h5-8,11,13H,3-4H2,1-2H3. The monoisotopic (exact) mass is 254 g/mol. The first-order valence-electron chi connectivity index (χ1n) is 5.81. The molecule has 1 unspecified atom stereocenters. The Morgan fingerprint density at radius 3 is 2.39 bits per heavy atom. The summed E-state index contributed by atoms with van der Waals surface area (Å²) in [6, 6.07) is 7.98. The molecule has 0 radical (unpaired) electrons. The molecule has 1 atom stereocenters. The van der Waals surface area contributed by atoms with Crippen LogP contribution in [0.4, 0.5) is 8.78 Å². The van der Waals surface area contributed by atoms with Crippen molar-refractivity contribution >= 4 is 0 Å². The highest BCUT2D eigenvalue weighted by molar-refractivity contribution is 5.38. The molecular formula is C13H16F2N2O. The Balaban J connectivity index is 3.09. The molecule has 0 aliphatic rings. The number of para-hydroxylation sites is 1. The highest BCUT2D eigenvalue weighted by atomic mass is 19.3. The van der Waals surface area contributed by atoms with Crippen LogP contribution in [-0.2, 0) is 0 Å². The van der Waals surface area contributed by atoms with E-state index in [0.29, 0.717) is 18.7 Å². The van der Waals surface area contributed by atoms with Crippen molar-refractivity contribution in [1.82, 2.24) is 4.90 Å². The number of benzene rings is 1. The summed E-state index contributed by atoms with van der Waals surface area (Å²) in [6.45, 7) is 2.28. The van der Waals surface area contributed by atoms with E-state index in [1.807, 2.05) is 18.7 Å². The van der Waals surface area contributed by atoms with Crippen LogP contribution >= 0.6 is 0 Å². The lowest BCUT2D eigenvalue weighted by Gasteiger charge is -2.25. The number of nitriles is 1. The number of rotatable bonds is 6. The highest BCUT2D eigenvalue weighted by Gasteiger charge is 2.22. The normalized spacial score (nSPS) is 12.5. The summed E-state index contributed by atoms with van der Waals surface area (Å²) in [4.78, 5) is 1.88. The van der Waals surface area contributed by atoms with Gasteiger partial charge in [-0.15, -0.1) is 0 Å². The van der Waals surface area contributed by atoms with Crippen molar-refractivity contribution in [3.05, 3.63) is 29.8 Å². The van der Waals surface area contributed by atoms with Gasteiger partial charge in [-0.05, 0) is 19.2 Å². The Morgan fingerprint density at radius 1 is 1.28 bits per heavy atom. The van der Waals surface area contributed by atoms with Gasteiger partial charge >= 0.3 is 6.61 Å². The van der Waals surface area contributed by atoms with Crippen LogP contribution in [0.15, 0.2) is 24.3 Å². The van der Waals surface area contributed by atoms with E-state index in [2.05, 4.69) is 10.8 Å². The molecule has 0 spiro atoms. The molecule has 0 aromatic heterocycles. The predicted molar refractivity (Wildman–Crippen MR) is 64.3 cm³/mol. The summed E-state index contributed by atoms with van der Waals surface area (Å²) in [5.74, 6) is 0.0611. The van der Waals surface area contributed by atoms with Crippen LogP contribution in [-0.4, -0.2) is 24.6 Å². The van der Waals surface area contributed by atoms with Crippen molar-refractivity contribution in [3.63, 3.8) is 0 Å². The smallest absolute Gasteiger partial charge is 0.387 e. The second kappa shape index (κ2) is 6.92. The molecular weight excluding hydrogens is 238 g/mol. The van der Waals surface area contributed by atoms with Crippen LogP contribution in [0.2, 0.25) is 0 Å². The van der Waals surface area contributed by atoms with E-state index in [9.17, 15) is 14.0 Å². The minimum absolute atomic E-state index is 0.0611. The molecule has 0 aliphatic heterocycles. The molecule has 0 amide bonds. The van der Waals surface area contributed by atoms with Crippen molar-refractivity contribution in [3.8, 4) is 11.8 Å². The molecule has 0 fully saturated rings. The summed E-state index contributed by atoms with van der Waals surface area (Å²) < 4.78 is 29.1. The van der Waals surface area contributed by atoms with Gasteiger partial charge in [0, 0.05) is 5.56 Å². The van der Waals surface area contributed by atoms with E-state index in [1.54, 1.807) is 18.2 Å². The molecule has 1 aromatic rings. The Hall–Kier alpha value is -1.67. The summed E-state index contributed by atoms with van der Waals surface area (Å²) >= 11 is 0. The molecule has 0 bridgehead atoms. The number of halogens is 2. The Bertz CT molecular complexity index is 414. The maximum absolute atomic E-state index is 12.3. The third-order valence-electron chi connectivity index (χ3n) is 2.73. The molecule has 3 nitrogen and oxygen atoms in total. The van der Waals surface area contributed by atoms with Crippen molar-refractivity contribution in [1.29, 1.82) is 5.26 Å². The van der Waals surface area contributed by atoms with Gasteiger partial charge in [0.15, 0.2) is 0 Å². The SMILES string of the molecule is CCN(CC)C(C#N)c1ccccc1OC(F)F. The van der Waals surface area contributed by atoms with Gasteiger partial charge in [0.25, 0.3) is 0 Å². The molecule has 0 saturated heterocycles. The lowest BCUT2D eigenvalue weighted by molar-refractivity contribution is -0.0509. The largest absolute Gasteiger partial charge is 0.434 e. The molecule has 98 valence electrons. The van der Waals surface area contributed by atoms with Gasteiger partial charge in [-0.2, -0.15) is 14.0 Å². The van der Waals surface area contributed by atoms with Crippen LogP contribution in [0.5, 0.6) is 5.75 Å². The first-order chi connectivity index (χ1) is 8.63. The molecule has 1 aromatic carbocycles. The zero-order valence-electron chi connectivity index (χ0n) is 10.4. The van der Waals surface area contributed by atoms with E-state index < -0.39 is 12.7 Å². The van der Waals surface area contributed by atoms with E-state index in [-0.39, 0.29) is 5.75 Å². The van der Waals surface area contributed by atoms with E-state index in [0.717, 1.165) is 0 Å². The number of hydrogen-bond donors (Lipinski definition) is 0. The van der Waals surface area contributed by atoms with Gasteiger partial charge in [-0.3, -0.25) is 4.90 Å². The second-order valence-corrected chi connectivity index (χ2v) is 3.67. The van der Waals surface area contributed by atoms with Crippen molar-refractivity contribution in [2.75, 3.05) is 13.1 Å². The van der Waals surface area contributed by atoms with E-state index in [4.69, 9.17) is 0 Å². The maximum Gasteiger partial charge on any atom is 0.387 e. The Labute approximate surface area is 106 Å². The van der Waals surface area contributed by atoms with Gasteiger partial charge in [-0.25, -0.2) is 0 Å². The molecule has 1 rings (SSSR count). The minimum Gasteiger partial charge on any atom is -0.434 e. The number of alkyl halides is 2. The lowest BCUT2D eigenvalue weighted by atomic mass is 10.1.